The largest absolute Gasteiger partial charge is 0.492 e. The number of amides is 1. The van der Waals surface area contributed by atoms with Gasteiger partial charge in [0.15, 0.2) is 0 Å². The van der Waals surface area contributed by atoms with Gasteiger partial charge in [0.25, 0.3) is 5.91 Å². The smallest absolute Gasteiger partial charge is 0.265 e. The number of hydrogen-bond donors (Lipinski definition) is 0. The summed E-state index contributed by atoms with van der Waals surface area (Å²) in [4.78, 5) is 15.5. The van der Waals surface area contributed by atoms with E-state index >= 15 is 0 Å². The second-order valence-corrected chi connectivity index (χ2v) is 8.63. The van der Waals surface area contributed by atoms with Gasteiger partial charge in [0.1, 0.15) is 10.1 Å². The Kier molecular flexibility index (Phi) is 6.40. The molecule has 0 aliphatic carbocycles. The van der Waals surface area contributed by atoms with Gasteiger partial charge in [-0.05, 0) is 31.2 Å². The first-order valence-electron chi connectivity index (χ1n) is 8.17. The SMILES string of the molecule is Cc1ccc(SCCOc2ccccc2C=C2SC(=S)N(C)C2=O)cc1. The van der Waals surface area contributed by atoms with Gasteiger partial charge in [-0.15, -0.1) is 11.8 Å². The second kappa shape index (κ2) is 8.75. The summed E-state index contributed by atoms with van der Waals surface area (Å²) in [7, 11) is 1.70. The maximum atomic E-state index is 12.2. The van der Waals surface area contributed by atoms with E-state index in [4.69, 9.17) is 17.0 Å². The molecule has 1 amide bonds. The molecule has 2 aromatic rings. The van der Waals surface area contributed by atoms with Gasteiger partial charge in [-0.2, -0.15) is 0 Å². The molecule has 134 valence electrons. The lowest BCUT2D eigenvalue weighted by atomic mass is 10.2. The number of benzene rings is 2. The van der Waals surface area contributed by atoms with Crippen LogP contribution in [0.2, 0.25) is 0 Å². The lowest BCUT2D eigenvalue weighted by molar-refractivity contribution is -0.121. The monoisotopic (exact) mass is 401 g/mol. The summed E-state index contributed by atoms with van der Waals surface area (Å²) in [6.07, 6.45) is 1.85. The van der Waals surface area contributed by atoms with Crippen molar-refractivity contribution in [2.75, 3.05) is 19.4 Å². The Labute approximate surface area is 167 Å². The Balaban J connectivity index is 1.62. The Hall–Kier alpha value is -1.76. The lowest BCUT2D eigenvalue weighted by Gasteiger charge is -2.09. The third kappa shape index (κ3) is 4.69. The van der Waals surface area contributed by atoms with E-state index in [-0.39, 0.29) is 5.91 Å². The van der Waals surface area contributed by atoms with Gasteiger partial charge < -0.3 is 4.74 Å². The van der Waals surface area contributed by atoms with E-state index in [1.165, 1.54) is 27.1 Å². The molecule has 1 heterocycles. The first-order valence-corrected chi connectivity index (χ1v) is 10.4. The number of aryl methyl sites for hydroxylation is 1. The third-order valence-corrected chi connectivity index (χ3v) is 6.28. The van der Waals surface area contributed by atoms with Crippen LogP contribution >= 0.6 is 35.7 Å². The average molecular weight is 402 g/mol. The zero-order valence-corrected chi connectivity index (χ0v) is 17.0. The fourth-order valence-corrected chi connectivity index (χ4v) is 4.26. The Morgan fingerprint density at radius 1 is 1.19 bits per heavy atom. The number of ether oxygens (including phenoxy) is 1. The normalized spacial score (nSPS) is 15.8. The Morgan fingerprint density at radius 2 is 1.92 bits per heavy atom. The summed E-state index contributed by atoms with van der Waals surface area (Å²) in [6.45, 7) is 2.68. The van der Waals surface area contributed by atoms with E-state index in [0.717, 1.165) is 17.1 Å². The van der Waals surface area contributed by atoms with E-state index in [1.807, 2.05) is 30.3 Å². The maximum Gasteiger partial charge on any atom is 0.265 e. The van der Waals surface area contributed by atoms with Crippen molar-refractivity contribution in [1.82, 2.24) is 4.90 Å². The summed E-state index contributed by atoms with van der Waals surface area (Å²) in [6, 6.07) is 16.2. The van der Waals surface area contributed by atoms with Gasteiger partial charge >= 0.3 is 0 Å². The number of likely N-dealkylation sites (N-methyl/N-ethyl adjacent to an activating group) is 1. The van der Waals surface area contributed by atoms with Crippen molar-refractivity contribution in [3.8, 4) is 5.75 Å². The van der Waals surface area contributed by atoms with Gasteiger partial charge in [0, 0.05) is 23.3 Å². The highest BCUT2D eigenvalue weighted by atomic mass is 32.2. The van der Waals surface area contributed by atoms with Crippen LogP contribution in [0, 0.1) is 6.92 Å². The molecular weight excluding hydrogens is 382 g/mol. The number of carbonyl (C=O) groups is 1. The first kappa shape index (κ1) is 19.0. The molecule has 0 radical (unpaired) electrons. The van der Waals surface area contributed by atoms with Crippen LogP contribution in [0.3, 0.4) is 0 Å². The highest BCUT2D eigenvalue weighted by Crippen LogP contribution is 2.33. The van der Waals surface area contributed by atoms with Crippen molar-refractivity contribution >= 4 is 52.0 Å². The van der Waals surface area contributed by atoms with Crippen molar-refractivity contribution in [3.05, 3.63) is 64.6 Å². The molecule has 0 saturated carbocycles. The van der Waals surface area contributed by atoms with Crippen LogP contribution in [-0.2, 0) is 4.79 Å². The summed E-state index contributed by atoms with van der Waals surface area (Å²) in [5.74, 6) is 1.57. The maximum absolute atomic E-state index is 12.2. The lowest BCUT2D eigenvalue weighted by Crippen LogP contribution is -2.22. The van der Waals surface area contributed by atoms with Gasteiger partial charge in [-0.1, -0.05) is 59.9 Å². The number of para-hydroxylation sites is 1. The van der Waals surface area contributed by atoms with Crippen molar-refractivity contribution in [2.45, 2.75) is 11.8 Å². The highest BCUT2D eigenvalue weighted by molar-refractivity contribution is 8.26. The van der Waals surface area contributed by atoms with Crippen LogP contribution in [0.4, 0.5) is 0 Å². The van der Waals surface area contributed by atoms with E-state index in [2.05, 4.69) is 31.2 Å². The number of nitrogens with zero attached hydrogens (tertiary/aromatic N) is 1. The predicted octanol–water partition coefficient (Wildman–Crippen LogP) is 5.00. The molecule has 3 nitrogen and oxygen atoms in total. The number of thioether (sulfide) groups is 2. The Morgan fingerprint density at radius 3 is 2.62 bits per heavy atom. The number of hydrogen-bond acceptors (Lipinski definition) is 5. The molecule has 2 aromatic carbocycles. The summed E-state index contributed by atoms with van der Waals surface area (Å²) in [5.41, 5.74) is 2.15. The van der Waals surface area contributed by atoms with Gasteiger partial charge in [-0.3, -0.25) is 9.69 Å². The van der Waals surface area contributed by atoms with Crippen molar-refractivity contribution in [2.24, 2.45) is 0 Å². The van der Waals surface area contributed by atoms with E-state index in [9.17, 15) is 4.79 Å². The molecule has 0 unspecified atom stereocenters. The molecule has 0 atom stereocenters. The van der Waals surface area contributed by atoms with Crippen molar-refractivity contribution in [3.63, 3.8) is 0 Å². The van der Waals surface area contributed by atoms with E-state index in [0.29, 0.717) is 15.8 Å². The zero-order valence-electron chi connectivity index (χ0n) is 14.6. The molecule has 26 heavy (non-hydrogen) atoms. The molecule has 1 saturated heterocycles. The molecule has 1 fully saturated rings. The molecule has 1 aliphatic heterocycles. The molecule has 0 bridgehead atoms. The highest BCUT2D eigenvalue weighted by Gasteiger charge is 2.28. The summed E-state index contributed by atoms with van der Waals surface area (Å²) < 4.78 is 6.53. The predicted molar refractivity (Wildman–Crippen MR) is 115 cm³/mol. The van der Waals surface area contributed by atoms with Crippen molar-refractivity contribution < 1.29 is 9.53 Å². The van der Waals surface area contributed by atoms with Crippen LogP contribution in [-0.4, -0.2) is 34.5 Å². The molecule has 6 heteroatoms. The quantitative estimate of drug-likeness (QED) is 0.294. The first-order chi connectivity index (χ1) is 12.5. The number of thiocarbonyl (C=S) groups is 1. The molecule has 1 aliphatic rings. The van der Waals surface area contributed by atoms with Crippen LogP contribution in [0.1, 0.15) is 11.1 Å². The van der Waals surface area contributed by atoms with Crippen LogP contribution in [0.5, 0.6) is 5.75 Å². The fraction of sp³-hybridized carbons (Fsp3) is 0.200. The minimum atomic E-state index is -0.0651. The van der Waals surface area contributed by atoms with Crippen LogP contribution in [0.25, 0.3) is 6.08 Å². The van der Waals surface area contributed by atoms with E-state index < -0.39 is 0 Å². The Bertz CT molecular complexity index is 846. The molecule has 3 rings (SSSR count). The number of carbonyl (C=O) groups excluding carboxylic acids is 1. The fourth-order valence-electron chi connectivity index (χ4n) is 2.36. The topological polar surface area (TPSA) is 29.5 Å². The molecule has 0 N–H and O–H groups in total. The van der Waals surface area contributed by atoms with E-state index in [1.54, 1.807) is 18.8 Å². The zero-order chi connectivity index (χ0) is 18.5. The molecular formula is C20H19NO2S3. The molecule has 0 aromatic heterocycles. The third-order valence-electron chi connectivity index (χ3n) is 3.82. The standard InChI is InChI=1S/C20H19NO2S3/c1-14-7-9-16(10-8-14)25-12-11-23-17-6-4-3-5-15(17)13-18-19(22)21(2)20(24)26-18/h3-10,13H,11-12H2,1-2H3. The van der Waals surface area contributed by atoms with Gasteiger partial charge in [0.05, 0.1) is 11.5 Å². The second-order valence-electron chi connectivity index (χ2n) is 5.79. The summed E-state index contributed by atoms with van der Waals surface area (Å²) >= 11 is 8.27. The van der Waals surface area contributed by atoms with Crippen LogP contribution < -0.4 is 4.74 Å². The minimum absolute atomic E-state index is 0.0651. The minimum Gasteiger partial charge on any atom is -0.492 e. The summed E-state index contributed by atoms with van der Waals surface area (Å²) in [5, 5.41) is 0. The molecule has 0 spiro atoms. The van der Waals surface area contributed by atoms with Crippen LogP contribution in [0.15, 0.2) is 58.3 Å². The van der Waals surface area contributed by atoms with Crippen molar-refractivity contribution in [1.29, 1.82) is 0 Å². The van der Waals surface area contributed by atoms with Gasteiger partial charge in [0.2, 0.25) is 0 Å². The number of rotatable bonds is 6. The average Bonchev–Trinajstić information content (AvgIpc) is 2.88. The van der Waals surface area contributed by atoms with Gasteiger partial charge in [-0.25, -0.2) is 0 Å².